The third-order valence-corrected chi connectivity index (χ3v) is 3.95. The van der Waals surface area contributed by atoms with Gasteiger partial charge in [0.15, 0.2) is 11.5 Å². The second-order valence-corrected chi connectivity index (χ2v) is 5.39. The molecule has 4 nitrogen and oxygen atoms in total. The molecular formula is C19H19NO3. The maximum Gasteiger partial charge on any atom is 0.255 e. The van der Waals surface area contributed by atoms with Crippen LogP contribution in [0.5, 0.6) is 5.75 Å². The van der Waals surface area contributed by atoms with E-state index in [4.69, 9.17) is 9.15 Å². The summed E-state index contributed by atoms with van der Waals surface area (Å²) in [6, 6.07) is 9.61. The highest BCUT2D eigenvalue weighted by Crippen LogP contribution is 2.33. The number of nitrogens with one attached hydrogen (secondary N) is 1. The average molecular weight is 309 g/mol. The maximum absolute atomic E-state index is 12.1. The standard InChI is InChI=1S/C19H19NO3/c1-4-13-11-14(19(21)20-12(13)2)9-10-17-18(22-3)15-7-5-6-8-16(15)23-17/h5-11H,4H2,1-3H3,(H,20,21). The molecule has 1 aromatic carbocycles. The Bertz CT molecular complexity index is 931. The van der Waals surface area contributed by atoms with Crippen LogP contribution in [0, 0.1) is 6.92 Å². The molecule has 3 aromatic rings. The van der Waals surface area contributed by atoms with Gasteiger partial charge in [0.25, 0.3) is 5.56 Å². The number of aryl methyl sites for hydroxylation is 2. The van der Waals surface area contributed by atoms with Crippen molar-refractivity contribution in [2.24, 2.45) is 0 Å². The van der Waals surface area contributed by atoms with Gasteiger partial charge >= 0.3 is 0 Å². The van der Waals surface area contributed by atoms with Gasteiger partial charge in [0, 0.05) is 11.3 Å². The molecule has 2 heterocycles. The maximum atomic E-state index is 12.1. The van der Waals surface area contributed by atoms with Crippen molar-refractivity contribution in [2.45, 2.75) is 20.3 Å². The molecule has 0 unspecified atom stereocenters. The zero-order valence-electron chi connectivity index (χ0n) is 13.5. The van der Waals surface area contributed by atoms with E-state index in [2.05, 4.69) is 11.9 Å². The number of pyridine rings is 1. The summed E-state index contributed by atoms with van der Waals surface area (Å²) >= 11 is 0. The van der Waals surface area contributed by atoms with Gasteiger partial charge in [-0.3, -0.25) is 4.79 Å². The number of H-pyrrole nitrogens is 1. The highest BCUT2D eigenvalue weighted by Gasteiger charge is 2.12. The molecule has 3 rings (SSSR count). The molecule has 0 saturated heterocycles. The molecule has 0 radical (unpaired) electrons. The Kier molecular flexibility index (Phi) is 4.06. The van der Waals surface area contributed by atoms with Crippen LogP contribution in [-0.2, 0) is 6.42 Å². The molecule has 1 N–H and O–H groups in total. The first-order valence-corrected chi connectivity index (χ1v) is 7.60. The molecule has 0 atom stereocenters. The topological polar surface area (TPSA) is 55.2 Å². The van der Waals surface area contributed by atoms with Crippen LogP contribution in [0.4, 0.5) is 0 Å². The molecule has 0 spiro atoms. The molecule has 0 amide bonds. The lowest BCUT2D eigenvalue weighted by Crippen LogP contribution is -2.12. The van der Waals surface area contributed by atoms with Crippen LogP contribution in [0.1, 0.15) is 29.5 Å². The molecule has 0 aliphatic rings. The Balaban J connectivity index is 2.05. The molecule has 0 fully saturated rings. The number of fused-ring (bicyclic) bond motifs is 1. The molecule has 4 heteroatoms. The lowest BCUT2D eigenvalue weighted by atomic mass is 10.1. The van der Waals surface area contributed by atoms with Gasteiger partial charge in [-0.1, -0.05) is 19.1 Å². The Labute approximate surface area is 134 Å². The van der Waals surface area contributed by atoms with Crippen molar-refractivity contribution in [1.82, 2.24) is 4.98 Å². The number of hydrogen-bond acceptors (Lipinski definition) is 3. The van der Waals surface area contributed by atoms with Crippen molar-refractivity contribution in [2.75, 3.05) is 7.11 Å². The predicted octanol–water partition coefficient (Wildman–Crippen LogP) is 4.17. The van der Waals surface area contributed by atoms with E-state index in [9.17, 15) is 4.79 Å². The van der Waals surface area contributed by atoms with Crippen LogP contribution in [0.2, 0.25) is 0 Å². The van der Waals surface area contributed by atoms with E-state index in [1.54, 1.807) is 19.3 Å². The van der Waals surface area contributed by atoms with Gasteiger partial charge in [-0.15, -0.1) is 0 Å². The Morgan fingerprint density at radius 3 is 2.78 bits per heavy atom. The molecule has 0 bridgehead atoms. The van der Waals surface area contributed by atoms with Crippen molar-refractivity contribution < 1.29 is 9.15 Å². The number of rotatable bonds is 4. The second-order valence-electron chi connectivity index (χ2n) is 5.39. The van der Waals surface area contributed by atoms with Gasteiger partial charge in [-0.25, -0.2) is 0 Å². The summed E-state index contributed by atoms with van der Waals surface area (Å²) in [5.74, 6) is 1.28. The van der Waals surface area contributed by atoms with Gasteiger partial charge in [-0.2, -0.15) is 0 Å². The summed E-state index contributed by atoms with van der Waals surface area (Å²) in [4.78, 5) is 15.0. The molecule has 0 aliphatic carbocycles. The number of para-hydroxylation sites is 1. The minimum atomic E-state index is -0.106. The summed E-state index contributed by atoms with van der Waals surface area (Å²) in [6.45, 7) is 3.98. The quantitative estimate of drug-likeness (QED) is 0.787. The van der Waals surface area contributed by atoms with Crippen molar-refractivity contribution >= 4 is 23.1 Å². The number of methoxy groups -OCH3 is 1. The van der Waals surface area contributed by atoms with Crippen LogP contribution in [0.15, 0.2) is 39.5 Å². The zero-order valence-corrected chi connectivity index (χ0v) is 13.5. The first-order valence-electron chi connectivity index (χ1n) is 7.60. The SMILES string of the molecule is CCc1cc(C=Cc2oc3ccccc3c2OC)c(=O)[nH]c1C. The van der Waals surface area contributed by atoms with Gasteiger partial charge in [0.05, 0.1) is 12.5 Å². The molecule has 0 aliphatic heterocycles. The van der Waals surface area contributed by atoms with Crippen LogP contribution < -0.4 is 10.3 Å². The molecule has 23 heavy (non-hydrogen) atoms. The third kappa shape index (κ3) is 2.80. The van der Waals surface area contributed by atoms with Crippen LogP contribution >= 0.6 is 0 Å². The fourth-order valence-corrected chi connectivity index (χ4v) is 2.70. The number of ether oxygens (including phenoxy) is 1. The number of furan rings is 1. The van der Waals surface area contributed by atoms with Gasteiger partial charge in [0.1, 0.15) is 5.58 Å². The number of hydrogen-bond donors (Lipinski definition) is 1. The van der Waals surface area contributed by atoms with E-state index < -0.39 is 0 Å². The van der Waals surface area contributed by atoms with Crippen LogP contribution in [-0.4, -0.2) is 12.1 Å². The summed E-state index contributed by atoms with van der Waals surface area (Å²) < 4.78 is 11.3. The third-order valence-electron chi connectivity index (χ3n) is 3.95. The Morgan fingerprint density at radius 1 is 1.26 bits per heavy atom. The van der Waals surface area contributed by atoms with E-state index in [1.165, 1.54) is 0 Å². The Morgan fingerprint density at radius 2 is 2.04 bits per heavy atom. The minimum absolute atomic E-state index is 0.106. The summed E-state index contributed by atoms with van der Waals surface area (Å²) in [7, 11) is 1.61. The van der Waals surface area contributed by atoms with E-state index in [0.717, 1.165) is 28.6 Å². The minimum Gasteiger partial charge on any atom is -0.492 e. The first kappa shape index (κ1) is 15.2. The second kappa shape index (κ2) is 6.16. The lowest BCUT2D eigenvalue weighted by molar-refractivity contribution is 0.408. The van der Waals surface area contributed by atoms with Crippen molar-refractivity contribution in [3.05, 3.63) is 63.3 Å². The van der Waals surface area contributed by atoms with E-state index in [1.807, 2.05) is 37.3 Å². The van der Waals surface area contributed by atoms with Gasteiger partial charge < -0.3 is 14.1 Å². The zero-order chi connectivity index (χ0) is 16.4. The van der Waals surface area contributed by atoms with Gasteiger partial charge in [0.2, 0.25) is 0 Å². The number of aromatic nitrogens is 1. The fourth-order valence-electron chi connectivity index (χ4n) is 2.70. The normalized spacial score (nSPS) is 11.4. The van der Waals surface area contributed by atoms with Crippen LogP contribution in [0.25, 0.3) is 23.1 Å². The smallest absolute Gasteiger partial charge is 0.255 e. The largest absolute Gasteiger partial charge is 0.492 e. The summed E-state index contributed by atoms with van der Waals surface area (Å²) in [6.07, 6.45) is 4.41. The number of benzene rings is 1. The van der Waals surface area contributed by atoms with Crippen LogP contribution in [0.3, 0.4) is 0 Å². The fraction of sp³-hybridized carbons (Fsp3) is 0.211. The highest BCUT2D eigenvalue weighted by molar-refractivity contribution is 5.89. The number of aromatic amines is 1. The molecular weight excluding hydrogens is 290 g/mol. The highest BCUT2D eigenvalue weighted by atomic mass is 16.5. The molecule has 2 aromatic heterocycles. The molecule has 118 valence electrons. The Hall–Kier alpha value is -2.75. The van der Waals surface area contributed by atoms with Crippen molar-refractivity contribution in [3.8, 4) is 5.75 Å². The van der Waals surface area contributed by atoms with Crippen molar-refractivity contribution in [1.29, 1.82) is 0 Å². The summed E-state index contributed by atoms with van der Waals surface area (Å²) in [5, 5.41) is 0.918. The van der Waals surface area contributed by atoms with E-state index in [0.29, 0.717) is 17.1 Å². The average Bonchev–Trinajstić information content (AvgIpc) is 2.91. The van der Waals surface area contributed by atoms with E-state index in [-0.39, 0.29) is 5.56 Å². The predicted molar refractivity (Wildman–Crippen MR) is 92.9 cm³/mol. The lowest BCUT2D eigenvalue weighted by Gasteiger charge is -2.03. The molecule has 0 saturated carbocycles. The van der Waals surface area contributed by atoms with Crippen molar-refractivity contribution in [3.63, 3.8) is 0 Å². The van der Waals surface area contributed by atoms with E-state index >= 15 is 0 Å². The monoisotopic (exact) mass is 309 g/mol. The van der Waals surface area contributed by atoms with Gasteiger partial charge in [-0.05, 0) is 49.3 Å². The first-order chi connectivity index (χ1) is 11.1. The summed E-state index contributed by atoms with van der Waals surface area (Å²) in [5.41, 5.74) is 3.30.